The fourth-order valence-corrected chi connectivity index (χ4v) is 2.21. The standard InChI is InChI=1S/C16H11ClN2O2/c17-11-3-5-13(15(20)9-11)16(21)19-12-4-6-14-10(8-12)2-1-7-18-14/h1-9,20H,(H,19,21). The molecule has 5 heteroatoms. The van der Waals surface area contributed by atoms with Crippen molar-refractivity contribution >= 4 is 34.1 Å². The lowest BCUT2D eigenvalue weighted by Crippen LogP contribution is -2.12. The summed E-state index contributed by atoms with van der Waals surface area (Å²) < 4.78 is 0. The van der Waals surface area contributed by atoms with Crippen molar-refractivity contribution in [2.75, 3.05) is 5.32 Å². The Kier molecular flexibility index (Phi) is 3.46. The lowest BCUT2D eigenvalue weighted by Gasteiger charge is -2.08. The van der Waals surface area contributed by atoms with Crippen molar-refractivity contribution in [1.29, 1.82) is 0 Å². The zero-order valence-electron chi connectivity index (χ0n) is 10.9. The van der Waals surface area contributed by atoms with Gasteiger partial charge in [0.25, 0.3) is 5.91 Å². The Hall–Kier alpha value is -2.59. The van der Waals surface area contributed by atoms with E-state index in [-0.39, 0.29) is 11.3 Å². The number of phenolic OH excluding ortho intramolecular Hbond substituents is 1. The van der Waals surface area contributed by atoms with Crippen molar-refractivity contribution in [3.05, 3.63) is 65.3 Å². The Morgan fingerprint density at radius 1 is 1.14 bits per heavy atom. The average molecular weight is 299 g/mol. The second kappa shape index (κ2) is 5.42. The van der Waals surface area contributed by atoms with Gasteiger partial charge in [0.1, 0.15) is 5.75 Å². The van der Waals surface area contributed by atoms with Crippen LogP contribution in [-0.4, -0.2) is 16.0 Å². The van der Waals surface area contributed by atoms with E-state index in [9.17, 15) is 9.90 Å². The normalized spacial score (nSPS) is 10.5. The summed E-state index contributed by atoms with van der Waals surface area (Å²) >= 11 is 5.75. The summed E-state index contributed by atoms with van der Waals surface area (Å²) in [6.45, 7) is 0. The molecular weight excluding hydrogens is 288 g/mol. The summed E-state index contributed by atoms with van der Waals surface area (Å²) in [5.74, 6) is -0.546. The highest BCUT2D eigenvalue weighted by Crippen LogP contribution is 2.23. The quantitative estimate of drug-likeness (QED) is 0.755. The second-order valence-electron chi connectivity index (χ2n) is 4.53. The molecule has 0 aliphatic carbocycles. The molecule has 3 rings (SSSR count). The third-order valence-corrected chi connectivity index (χ3v) is 3.30. The topological polar surface area (TPSA) is 62.2 Å². The molecule has 0 spiro atoms. The number of amides is 1. The number of carbonyl (C=O) groups is 1. The van der Waals surface area contributed by atoms with Gasteiger partial charge in [-0.1, -0.05) is 17.7 Å². The van der Waals surface area contributed by atoms with Gasteiger partial charge in [0.05, 0.1) is 11.1 Å². The van der Waals surface area contributed by atoms with Crippen LogP contribution in [0.25, 0.3) is 10.9 Å². The first kappa shape index (κ1) is 13.4. The fraction of sp³-hybridized carbons (Fsp3) is 0. The number of hydrogen-bond donors (Lipinski definition) is 2. The number of fused-ring (bicyclic) bond motifs is 1. The molecule has 21 heavy (non-hydrogen) atoms. The monoisotopic (exact) mass is 298 g/mol. The van der Waals surface area contributed by atoms with Gasteiger partial charge in [0.15, 0.2) is 0 Å². The van der Waals surface area contributed by atoms with Crippen molar-refractivity contribution < 1.29 is 9.90 Å². The third kappa shape index (κ3) is 2.80. The third-order valence-electron chi connectivity index (χ3n) is 3.07. The number of aromatic hydroxyl groups is 1. The number of pyridine rings is 1. The lowest BCUT2D eigenvalue weighted by molar-refractivity contribution is 0.102. The molecule has 0 aliphatic rings. The van der Waals surface area contributed by atoms with Crippen LogP contribution in [0.2, 0.25) is 5.02 Å². The highest BCUT2D eigenvalue weighted by Gasteiger charge is 2.11. The Balaban J connectivity index is 1.89. The molecule has 104 valence electrons. The van der Waals surface area contributed by atoms with E-state index in [2.05, 4.69) is 10.3 Å². The molecule has 4 nitrogen and oxygen atoms in total. The Bertz CT molecular complexity index is 833. The van der Waals surface area contributed by atoms with Crippen LogP contribution in [0.1, 0.15) is 10.4 Å². The van der Waals surface area contributed by atoms with Crippen molar-refractivity contribution in [1.82, 2.24) is 4.98 Å². The predicted octanol–water partition coefficient (Wildman–Crippen LogP) is 3.85. The van der Waals surface area contributed by atoms with E-state index < -0.39 is 5.91 Å². The summed E-state index contributed by atoms with van der Waals surface area (Å²) in [5.41, 5.74) is 1.66. The number of aromatic nitrogens is 1. The van der Waals surface area contributed by atoms with Crippen molar-refractivity contribution in [2.24, 2.45) is 0 Å². The molecule has 3 aromatic rings. The molecule has 0 aliphatic heterocycles. The van der Waals surface area contributed by atoms with Crippen LogP contribution < -0.4 is 5.32 Å². The smallest absolute Gasteiger partial charge is 0.259 e. The number of benzene rings is 2. The largest absolute Gasteiger partial charge is 0.507 e. The maximum Gasteiger partial charge on any atom is 0.259 e. The lowest BCUT2D eigenvalue weighted by atomic mass is 10.1. The van der Waals surface area contributed by atoms with Crippen molar-refractivity contribution in [3.8, 4) is 5.75 Å². The van der Waals surface area contributed by atoms with Gasteiger partial charge < -0.3 is 10.4 Å². The van der Waals surface area contributed by atoms with Gasteiger partial charge in [0.2, 0.25) is 0 Å². The minimum atomic E-state index is -0.396. The van der Waals surface area contributed by atoms with E-state index in [0.717, 1.165) is 10.9 Å². The Labute approximate surface area is 126 Å². The number of rotatable bonds is 2. The second-order valence-corrected chi connectivity index (χ2v) is 4.96. The molecule has 1 heterocycles. The van der Waals surface area contributed by atoms with Crippen LogP contribution in [-0.2, 0) is 0 Å². The van der Waals surface area contributed by atoms with Gasteiger partial charge in [-0.15, -0.1) is 0 Å². The molecule has 2 N–H and O–H groups in total. The summed E-state index contributed by atoms with van der Waals surface area (Å²) in [5, 5.41) is 13.8. The fourth-order valence-electron chi connectivity index (χ4n) is 2.05. The summed E-state index contributed by atoms with van der Waals surface area (Å²) in [4.78, 5) is 16.4. The van der Waals surface area contributed by atoms with Crippen LogP contribution in [0.4, 0.5) is 5.69 Å². The van der Waals surface area contributed by atoms with Gasteiger partial charge in [-0.05, 0) is 42.5 Å². The van der Waals surface area contributed by atoms with E-state index in [1.54, 1.807) is 18.3 Å². The summed E-state index contributed by atoms with van der Waals surface area (Å²) in [6, 6.07) is 13.5. The van der Waals surface area contributed by atoms with Crippen LogP contribution in [0.3, 0.4) is 0 Å². The Morgan fingerprint density at radius 3 is 2.81 bits per heavy atom. The number of nitrogens with one attached hydrogen (secondary N) is 1. The van der Waals surface area contributed by atoms with E-state index in [0.29, 0.717) is 10.7 Å². The first-order valence-electron chi connectivity index (χ1n) is 6.28. The highest BCUT2D eigenvalue weighted by molar-refractivity contribution is 6.31. The minimum Gasteiger partial charge on any atom is -0.507 e. The average Bonchev–Trinajstić information content (AvgIpc) is 2.47. The van der Waals surface area contributed by atoms with Crippen molar-refractivity contribution in [2.45, 2.75) is 0 Å². The van der Waals surface area contributed by atoms with Gasteiger partial charge in [-0.2, -0.15) is 0 Å². The van der Waals surface area contributed by atoms with E-state index in [1.807, 2.05) is 24.3 Å². The van der Waals surface area contributed by atoms with Crippen LogP contribution in [0.15, 0.2) is 54.7 Å². The molecule has 2 aromatic carbocycles. The molecular formula is C16H11ClN2O2. The van der Waals surface area contributed by atoms with Gasteiger partial charge >= 0.3 is 0 Å². The molecule has 0 bridgehead atoms. The first-order valence-corrected chi connectivity index (χ1v) is 6.66. The number of hydrogen-bond acceptors (Lipinski definition) is 3. The maximum absolute atomic E-state index is 12.2. The molecule has 0 fully saturated rings. The molecule has 1 aromatic heterocycles. The van der Waals surface area contributed by atoms with E-state index in [1.165, 1.54) is 12.1 Å². The predicted molar refractivity (Wildman–Crippen MR) is 82.8 cm³/mol. The number of carbonyl (C=O) groups excluding carboxylic acids is 1. The van der Waals surface area contributed by atoms with Crippen LogP contribution in [0, 0.1) is 0 Å². The molecule has 1 amide bonds. The number of anilines is 1. The highest BCUT2D eigenvalue weighted by atomic mass is 35.5. The van der Waals surface area contributed by atoms with Gasteiger partial charge in [-0.25, -0.2) is 0 Å². The summed E-state index contributed by atoms with van der Waals surface area (Å²) in [7, 11) is 0. The van der Waals surface area contributed by atoms with Crippen LogP contribution >= 0.6 is 11.6 Å². The van der Waals surface area contributed by atoms with Gasteiger partial charge in [0, 0.05) is 22.3 Å². The van der Waals surface area contributed by atoms with Gasteiger partial charge in [-0.3, -0.25) is 9.78 Å². The Morgan fingerprint density at radius 2 is 2.00 bits per heavy atom. The SMILES string of the molecule is O=C(Nc1ccc2ncccc2c1)c1ccc(Cl)cc1O. The zero-order valence-corrected chi connectivity index (χ0v) is 11.6. The molecule has 0 radical (unpaired) electrons. The first-order chi connectivity index (χ1) is 10.1. The minimum absolute atomic E-state index is 0.151. The molecule has 0 saturated carbocycles. The summed E-state index contributed by atoms with van der Waals surface area (Å²) in [6.07, 6.45) is 1.71. The van der Waals surface area contributed by atoms with Crippen LogP contribution in [0.5, 0.6) is 5.75 Å². The van der Waals surface area contributed by atoms with Crippen molar-refractivity contribution in [3.63, 3.8) is 0 Å². The number of nitrogens with zero attached hydrogens (tertiary/aromatic N) is 1. The molecule has 0 unspecified atom stereocenters. The zero-order chi connectivity index (χ0) is 14.8. The van der Waals surface area contributed by atoms with E-state index >= 15 is 0 Å². The molecule has 0 saturated heterocycles. The number of phenols is 1. The molecule has 0 atom stereocenters. The number of halogens is 1. The van der Waals surface area contributed by atoms with E-state index in [4.69, 9.17) is 11.6 Å². The maximum atomic E-state index is 12.2.